The quantitative estimate of drug-likeness (QED) is 0.835. The number of benzene rings is 1. The maximum absolute atomic E-state index is 13.4. The summed E-state index contributed by atoms with van der Waals surface area (Å²) in [4.78, 5) is 14.6. The molecule has 1 fully saturated rings. The minimum absolute atomic E-state index is 0.0796. The molecule has 5 heteroatoms. The number of rotatable bonds is 5. The molecule has 0 radical (unpaired) electrons. The van der Waals surface area contributed by atoms with Gasteiger partial charge in [-0.15, -0.1) is 0 Å². The first-order valence-electron chi connectivity index (χ1n) is 6.86. The van der Waals surface area contributed by atoms with E-state index < -0.39 is 5.82 Å². The number of hydrogen-bond acceptors (Lipinski definition) is 4. The molecular formula is C15H20FNO3. The number of carbonyl (C=O) groups excluding carboxylic acids is 1. The summed E-state index contributed by atoms with van der Waals surface area (Å²) in [5.74, 6) is -0.261. The molecule has 0 saturated carbocycles. The molecule has 0 aliphatic carbocycles. The zero-order chi connectivity index (χ0) is 14.5. The fourth-order valence-electron chi connectivity index (χ4n) is 2.71. The van der Waals surface area contributed by atoms with E-state index in [1.807, 2.05) is 0 Å². The van der Waals surface area contributed by atoms with E-state index in [0.717, 1.165) is 19.4 Å². The highest BCUT2D eigenvalue weighted by Crippen LogP contribution is 2.26. The third-order valence-corrected chi connectivity index (χ3v) is 3.72. The van der Waals surface area contributed by atoms with Crippen LogP contribution in [0.5, 0.6) is 5.75 Å². The van der Waals surface area contributed by atoms with Crippen molar-refractivity contribution in [3.05, 3.63) is 29.6 Å². The lowest BCUT2D eigenvalue weighted by Gasteiger charge is -2.31. The smallest absolute Gasteiger partial charge is 0.171 e. The lowest BCUT2D eigenvalue weighted by Crippen LogP contribution is -2.40. The molecule has 1 saturated heterocycles. The van der Waals surface area contributed by atoms with Gasteiger partial charge < -0.3 is 14.7 Å². The van der Waals surface area contributed by atoms with Gasteiger partial charge in [0.25, 0.3) is 0 Å². The van der Waals surface area contributed by atoms with Gasteiger partial charge in [-0.05, 0) is 37.6 Å². The number of β-amino-alcohol motifs (C(OH)–C–C–N with tert-alkyl or cyclic N) is 1. The van der Waals surface area contributed by atoms with Crippen LogP contribution < -0.4 is 4.74 Å². The lowest BCUT2D eigenvalue weighted by atomic mass is 9.89. The van der Waals surface area contributed by atoms with Crippen molar-refractivity contribution < 1.29 is 19.0 Å². The van der Waals surface area contributed by atoms with Crippen molar-refractivity contribution in [2.75, 3.05) is 33.4 Å². The fraction of sp³-hybridized carbons (Fsp3) is 0.533. The van der Waals surface area contributed by atoms with Crippen LogP contribution in [0.1, 0.15) is 23.2 Å². The molecule has 4 nitrogen and oxygen atoms in total. The number of methoxy groups -OCH3 is 1. The Morgan fingerprint density at radius 2 is 2.35 bits per heavy atom. The summed E-state index contributed by atoms with van der Waals surface area (Å²) >= 11 is 0. The van der Waals surface area contributed by atoms with Crippen LogP contribution in [-0.4, -0.2) is 49.1 Å². The number of halogens is 1. The maximum Gasteiger partial charge on any atom is 0.171 e. The van der Waals surface area contributed by atoms with E-state index in [1.165, 1.54) is 25.3 Å². The van der Waals surface area contributed by atoms with Gasteiger partial charge in [0.2, 0.25) is 0 Å². The Kier molecular flexibility index (Phi) is 5.09. The van der Waals surface area contributed by atoms with E-state index in [4.69, 9.17) is 9.84 Å². The summed E-state index contributed by atoms with van der Waals surface area (Å²) in [5, 5.41) is 8.98. The molecule has 1 atom stereocenters. The van der Waals surface area contributed by atoms with Crippen molar-refractivity contribution in [1.29, 1.82) is 0 Å². The van der Waals surface area contributed by atoms with E-state index in [0.29, 0.717) is 24.4 Å². The standard InChI is InChI=1S/C15H20FNO3/c1-20-14-5-4-12(16)9-13(14)15(19)11-3-2-6-17(10-11)7-8-18/h4-5,9,11,18H,2-3,6-8,10H2,1H3. The minimum Gasteiger partial charge on any atom is -0.496 e. The van der Waals surface area contributed by atoms with Gasteiger partial charge in [0.15, 0.2) is 5.78 Å². The molecule has 0 spiro atoms. The van der Waals surface area contributed by atoms with Gasteiger partial charge in [-0.25, -0.2) is 4.39 Å². The number of nitrogens with zero attached hydrogens (tertiary/aromatic N) is 1. The highest BCUT2D eigenvalue weighted by molar-refractivity contribution is 6.00. The largest absolute Gasteiger partial charge is 0.496 e. The Balaban J connectivity index is 2.16. The molecule has 0 bridgehead atoms. The first-order valence-corrected chi connectivity index (χ1v) is 6.86. The van der Waals surface area contributed by atoms with E-state index in [9.17, 15) is 9.18 Å². The van der Waals surface area contributed by atoms with Gasteiger partial charge in [0.1, 0.15) is 11.6 Å². The highest BCUT2D eigenvalue weighted by Gasteiger charge is 2.28. The number of ketones is 1. The third kappa shape index (κ3) is 3.35. The van der Waals surface area contributed by atoms with Crippen molar-refractivity contribution in [2.24, 2.45) is 5.92 Å². The second kappa shape index (κ2) is 6.81. The van der Waals surface area contributed by atoms with Crippen LogP contribution in [0.3, 0.4) is 0 Å². The first-order chi connectivity index (χ1) is 9.65. The van der Waals surface area contributed by atoms with Gasteiger partial charge in [-0.3, -0.25) is 4.79 Å². The highest BCUT2D eigenvalue weighted by atomic mass is 19.1. The number of aliphatic hydroxyl groups is 1. The van der Waals surface area contributed by atoms with Crippen molar-refractivity contribution in [1.82, 2.24) is 4.90 Å². The molecule has 2 rings (SSSR count). The van der Waals surface area contributed by atoms with Gasteiger partial charge in [0, 0.05) is 19.0 Å². The van der Waals surface area contributed by atoms with Crippen LogP contribution in [-0.2, 0) is 0 Å². The molecule has 0 aromatic heterocycles. The summed E-state index contributed by atoms with van der Waals surface area (Å²) in [6.45, 7) is 2.16. The third-order valence-electron chi connectivity index (χ3n) is 3.72. The maximum atomic E-state index is 13.4. The molecule has 1 aromatic carbocycles. The van der Waals surface area contributed by atoms with Crippen molar-refractivity contribution in [3.63, 3.8) is 0 Å². The molecule has 20 heavy (non-hydrogen) atoms. The molecule has 1 aromatic rings. The Morgan fingerprint density at radius 1 is 1.55 bits per heavy atom. The summed E-state index contributed by atoms with van der Waals surface area (Å²) in [5.41, 5.74) is 0.309. The number of Topliss-reactive ketones (excluding diaryl/α,β-unsaturated/α-hetero) is 1. The molecule has 110 valence electrons. The van der Waals surface area contributed by atoms with Crippen LogP contribution >= 0.6 is 0 Å². The molecule has 1 aliphatic rings. The Hall–Kier alpha value is -1.46. The van der Waals surface area contributed by atoms with Crippen LogP contribution in [0, 0.1) is 11.7 Å². The number of carbonyl (C=O) groups is 1. The summed E-state index contributed by atoms with van der Waals surface area (Å²) in [6, 6.07) is 4.01. The number of likely N-dealkylation sites (tertiary alicyclic amines) is 1. The Labute approximate surface area is 118 Å². The van der Waals surface area contributed by atoms with Crippen LogP contribution in [0.25, 0.3) is 0 Å². The monoisotopic (exact) mass is 281 g/mol. The fourth-order valence-corrected chi connectivity index (χ4v) is 2.71. The first kappa shape index (κ1) is 14.9. The SMILES string of the molecule is COc1ccc(F)cc1C(=O)C1CCCN(CCO)C1. The normalized spacial score (nSPS) is 19.9. The number of ether oxygens (including phenoxy) is 1. The van der Waals surface area contributed by atoms with Gasteiger partial charge in [0.05, 0.1) is 19.3 Å². The predicted octanol–water partition coefficient (Wildman–Crippen LogP) is 1.72. The molecular weight excluding hydrogens is 261 g/mol. The number of hydrogen-bond donors (Lipinski definition) is 1. The summed E-state index contributed by atoms with van der Waals surface area (Å²) in [6.07, 6.45) is 1.70. The minimum atomic E-state index is -0.433. The van der Waals surface area contributed by atoms with E-state index in [-0.39, 0.29) is 18.3 Å². The molecule has 1 aliphatic heterocycles. The molecule has 1 N–H and O–H groups in total. The predicted molar refractivity (Wildman–Crippen MR) is 73.5 cm³/mol. The van der Waals surface area contributed by atoms with Crippen molar-refractivity contribution >= 4 is 5.78 Å². The topological polar surface area (TPSA) is 49.8 Å². The molecule has 1 unspecified atom stereocenters. The zero-order valence-electron chi connectivity index (χ0n) is 11.6. The number of piperidine rings is 1. The lowest BCUT2D eigenvalue weighted by molar-refractivity contribution is 0.0790. The summed E-state index contributed by atoms with van der Waals surface area (Å²) in [7, 11) is 1.48. The Bertz CT molecular complexity index is 476. The van der Waals surface area contributed by atoms with Crippen LogP contribution in [0.2, 0.25) is 0 Å². The molecule has 1 heterocycles. The second-order valence-corrected chi connectivity index (χ2v) is 5.07. The average molecular weight is 281 g/mol. The van der Waals surface area contributed by atoms with Gasteiger partial charge in [-0.2, -0.15) is 0 Å². The second-order valence-electron chi connectivity index (χ2n) is 5.07. The van der Waals surface area contributed by atoms with Gasteiger partial charge in [-0.1, -0.05) is 0 Å². The van der Waals surface area contributed by atoms with E-state index in [1.54, 1.807) is 0 Å². The van der Waals surface area contributed by atoms with Crippen molar-refractivity contribution in [3.8, 4) is 5.75 Å². The average Bonchev–Trinajstić information content (AvgIpc) is 2.47. The van der Waals surface area contributed by atoms with E-state index in [2.05, 4.69) is 4.90 Å². The molecule has 0 amide bonds. The Morgan fingerprint density at radius 3 is 3.05 bits per heavy atom. The van der Waals surface area contributed by atoms with Crippen molar-refractivity contribution in [2.45, 2.75) is 12.8 Å². The van der Waals surface area contributed by atoms with Gasteiger partial charge >= 0.3 is 0 Å². The van der Waals surface area contributed by atoms with Crippen LogP contribution in [0.4, 0.5) is 4.39 Å². The summed E-state index contributed by atoms with van der Waals surface area (Å²) < 4.78 is 18.5. The number of aliphatic hydroxyl groups excluding tert-OH is 1. The zero-order valence-corrected chi connectivity index (χ0v) is 11.6. The van der Waals surface area contributed by atoms with Crippen LogP contribution in [0.15, 0.2) is 18.2 Å². The van der Waals surface area contributed by atoms with E-state index >= 15 is 0 Å².